The van der Waals surface area contributed by atoms with E-state index in [1.54, 1.807) is 13.8 Å². The van der Waals surface area contributed by atoms with Gasteiger partial charge in [-0.2, -0.15) is 0 Å². The summed E-state index contributed by atoms with van der Waals surface area (Å²) < 4.78 is 0. The number of aliphatic imine (C=N–C) groups is 1. The molecule has 0 heterocycles. The van der Waals surface area contributed by atoms with Crippen molar-refractivity contribution in [1.29, 1.82) is 0 Å². The fraction of sp³-hybridized carbons (Fsp3) is 0.250. The normalized spacial score (nSPS) is 13.9. The van der Waals surface area contributed by atoms with Crippen molar-refractivity contribution in [2.24, 2.45) is 16.5 Å². The zero-order chi connectivity index (χ0) is 12.2. The van der Waals surface area contributed by atoms with Crippen LogP contribution >= 0.6 is 0 Å². The van der Waals surface area contributed by atoms with Crippen molar-refractivity contribution in [3.8, 4) is 0 Å². The third-order valence-corrected chi connectivity index (χ3v) is 2.02. The molecule has 86 valence electrons. The van der Waals surface area contributed by atoms with Crippen LogP contribution in [0.3, 0.4) is 0 Å². The zero-order valence-corrected chi connectivity index (χ0v) is 9.51. The average molecular weight is 219 g/mol. The van der Waals surface area contributed by atoms with Crippen molar-refractivity contribution < 1.29 is 5.11 Å². The molecule has 0 saturated heterocycles. The van der Waals surface area contributed by atoms with Crippen molar-refractivity contribution in [3.05, 3.63) is 42.1 Å². The highest BCUT2D eigenvalue weighted by atomic mass is 16.3. The first kappa shape index (κ1) is 12.3. The lowest BCUT2D eigenvalue weighted by Crippen LogP contribution is -2.29. The predicted octanol–water partition coefficient (Wildman–Crippen LogP) is 1.29. The maximum Gasteiger partial charge on any atom is 0.125 e. The van der Waals surface area contributed by atoms with Crippen LogP contribution in [-0.4, -0.2) is 16.5 Å². The Bertz CT molecular complexity index is 402. The number of aliphatic hydroxyl groups is 1. The SMILES string of the molecule is CC(C)(O)C(N)=CC(N)=Nc1ccccc1. The molecule has 5 N–H and O–H groups in total. The fourth-order valence-corrected chi connectivity index (χ4v) is 1.02. The van der Waals surface area contributed by atoms with Gasteiger partial charge in [-0.15, -0.1) is 0 Å². The van der Waals surface area contributed by atoms with Crippen molar-refractivity contribution in [3.63, 3.8) is 0 Å². The number of amidine groups is 1. The minimum absolute atomic E-state index is 0.269. The molecule has 0 fully saturated rings. The highest BCUT2D eigenvalue weighted by Gasteiger charge is 2.15. The molecule has 0 spiro atoms. The molecule has 1 aromatic rings. The summed E-state index contributed by atoms with van der Waals surface area (Å²) in [6.07, 6.45) is 1.47. The van der Waals surface area contributed by atoms with Crippen molar-refractivity contribution in [2.75, 3.05) is 0 Å². The van der Waals surface area contributed by atoms with Gasteiger partial charge in [0, 0.05) is 11.8 Å². The predicted molar refractivity (Wildman–Crippen MR) is 66.3 cm³/mol. The largest absolute Gasteiger partial charge is 0.400 e. The lowest BCUT2D eigenvalue weighted by atomic mass is 10.1. The molecule has 0 aliphatic rings. The molecule has 1 rings (SSSR count). The van der Waals surface area contributed by atoms with E-state index in [9.17, 15) is 5.11 Å². The molecule has 0 unspecified atom stereocenters. The van der Waals surface area contributed by atoms with Gasteiger partial charge in [-0.3, -0.25) is 0 Å². The van der Waals surface area contributed by atoms with Crippen molar-refractivity contribution in [2.45, 2.75) is 19.4 Å². The van der Waals surface area contributed by atoms with E-state index in [1.165, 1.54) is 6.08 Å². The van der Waals surface area contributed by atoms with E-state index in [1.807, 2.05) is 30.3 Å². The smallest absolute Gasteiger partial charge is 0.125 e. The van der Waals surface area contributed by atoms with E-state index in [0.29, 0.717) is 0 Å². The molecule has 0 bridgehead atoms. The summed E-state index contributed by atoms with van der Waals surface area (Å²) in [5, 5.41) is 9.60. The van der Waals surface area contributed by atoms with Crippen LogP contribution in [0.25, 0.3) is 0 Å². The molecule has 0 amide bonds. The second-order valence-electron chi connectivity index (χ2n) is 4.03. The summed E-state index contributed by atoms with van der Waals surface area (Å²) in [6, 6.07) is 9.31. The van der Waals surface area contributed by atoms with E-state index in [0.717, 1.165) is 5.69 Å². The third kappa shape index (κ3) is 3.74. The number of hydrogen-bond acceptors (Lipinski definition) is 3. The first-order chi connectivity index (χ1) is 7.39. The van der Waals surface area contributed by atoms with Crippen LogP contribution in [0.5, 0.6) is 0 Å². The summed E-state index contributed by atoms with van der Waals surface area (Å²) in [7, 11) is 0. The number of benzene rings is 1. The van der Waals surface area contributed by atoms with Gasteiger partial charge in [-0.05, 0) is 26.0 Å². The number of nitrogens with zero attached hydrogens (tertiary/aromatic N) is 1. The summed E-state index contributed by atoms with van der Waals surface area (Å²) >= 11 is 0. The molecule has 0 atom stereocenters. The van der Waals surface area contributed by atoms with Gasteiger partial charge in [0.25, 0.3) is 0 Å². The number of para-hydroxylation sites is 1. The molecule has 0 aliphatic heterocycles. The molecule has 4 nitrogen and oxygen atoms in total. The topological polar surface area (TPSA) is 84.6 Å². The Hall–Kier alpha value is -1.81. The maximum atomic E-state index is 9.60. The van der Waals surface area contributed by atoms with Gasteiger partial charge in [-0.25, -0.2) is 4.99 Å². The van der Waals surface area contributed by atoms with Crippen LogP contribution in [0.1, 0.15) is 13.8 Å². The Labute approximate surface area is 95.3 Å². The maximum absolute atomic E-state index is 9.60. The summed E-state index contributed by atoms with van der Waals surface area (Å²) in [6.45, 7) is 3.18. The van der Waals surface area contributed by atoms with Crippen molar-refractivity contribution >= 4 is 11.5 Å². The molecule has 0 aromatic heterocycles. The summed E-state index contributed by atoms with van der Waals surface area (Å²) in [4.78, 5) is 4.14. The van der Waals surface area contributed by atoms with Gasteiger partial charge in [0.05, 0.1) is 11.3 Å². The molecular weight excluding hydrogens is 202 g/mol. The zero-order valence-electron chi connectivity index (χ0n) is 9.51. The molecule has 16 heavy (non-hydrogen) atoms. The molecule has 4 heteroatoms. The van der Waals surface area contributed by atoms with Crippen LogP contribution in [0.4, 0.5) is 5.69 Å². The fourth-order valence-electron chi connectivity index (χ4n) is 1.02. The van der Waals surface area contributed by atoms with Gasteiger partial charge < -0.3 is 16.6 Å². The lowest BCUT2D eigenvalue weighted by Gasteiger charge is -2.17. The lowest BCUT2D eigenvalue weighted by molar-refractivity contribution is 0.118. The quantitative estimate of drug-likeness (QED) is 0.529. The van der Waals surface area contributed by atoms with E-state index >= 15 is 0 Å². The minimum atomic E-state index is -1.09. The highest BCUT2D eigenvalue weighted by Crippen LogP contribution is 2.12. The molecule has 0 saturated carbocycles. The van der Waals surface area contributed by atoms with Gasteiger partial charge in [0.1, 0.15) is 5.84 Å². The summed E-state index contributed by atoms with van der Waals surface area (Å²) in [5.74, 6) is 0.269. The Morgan fingerprint density at radius 3 is 2.31 bits per heavy atom. The second-order valence-corrected chi connectivity index (χ2v) is 4.03. The van der Waals surface area contributed by atoms with Crippen molar-refractivity contribution in [1.82, 2.24) is 0 Å². The first-order valence-corrected chi connectivity index (χ1v) is 4.99. The molecule has 1 aromatic carbocycles. The van der Waals surface area contributed by atoms with Gasteiger partial charge in [-0.1, -0.05) is 18.2 Å². The Morgan fingerprint density at radius 2 is 1.81 bits per heavy atom. The second kappa shape index (κ2) is 4.81. The Balaban J connectivity index is 2.88. The van der Waals surface area contributed by atoms with Crippen LogP contribution in [0.2, 0.25) is 0 Å². The highest BCUT2D eigenvalue weighted by molar-refractivity contribution is 5.94. The third-order valence-electron chi connectivity index (χ3n) is 2.02. The molecule has 0 aliphatic carbocycles. The number of hydrogen-bond donors (Lipinski definition) is 3. The Kier molecular flexibility index (Phi) is 3.68. The number of rotatable bonds is 3. The van der Waals surface area contributed by atoms with Crippen LogP contribution in [0, 0.1) is 0 Å². The van der Waals surface area contributed by atoms with E-state index in [4.69, 9.17) is 11.5 Å². The van der Waals surface area contributed by atoms with E-state index in [2.05, 4.69) is 4.99 Å². The average Bonchev–Trinajstić information content (AvgIpc) is 2.17. The standard InChI is InChI=1S/C12H17N3O/c1-12(2,16)10(13)8-11(14)15-9-6-4-3-5-7-9/h3-8,16H,13H2,1-2H3,(H2,14,15). The van der Waals surface area contributed by atoms with E-state index < -0.39 is 5.60 Å². The monoisotopic (exact) mass is 219 g/mol. The van der Waals surface area contributed by atoms with Gasteiger partial charge >= 0.3 is 0 Å². The number of nitrogens with two attached hydrogens (primary N) is 2. The Morgan fingerprint density at radius 1 is 1.25 bits per heavy atom. The minimum Gasteiger partial charge on any atom is -0.400 e. The van der Waals surface area contributed by atoms with Gasteiger partial charge in [0.2, 0.25) is 0 Å². The van der Waals surface area contributed by atoms with Crippen LogP contribution < -0.4 is 11.5 Å². The molecule has 0 radical (unpaired) electrons. The first-order valence-electron chi connectivity index (χ1n) is 4.99. The summed E-state index contributed by atoms with van der Waals surface area (Å²) in [5.41, 5.74) is 11.3. The van der Waals surface area contributed by atoms with Crippen LogP contribution in [0.15, 0.2) is 47.1 Å². The van der Waals surface area contributed by atoms with Crippen LogP contribution in [-0.2, 0) is 0 Å². The molecular formula is C12H17N3O. The van der Waals surface area contributed by atoms with E-state index in [-0.39, 0.29) is 11.5 Å². The van der Waals surface area contributed by atoms with Gasteiger partial charge in [0.15, 0.2) is 0 Å².